The zero-order chi connectivity index (χ0) is 13.7. The normalized spacial score (nSPS) is 13.1. The molecule has 0 aliphatic heterocycles. The summed E-state index contributed by atoms with van der Waals surface area (Å²) in [6.07, 6.45) is 0.685. The molecule has 1 aromatic heterocycles. The van der Waals surface area contributed by atoms with E-state index in [4.69, 9.17) is 0 Å². The van der Waals surface area contributed by atoms with Gasteiger partial charge in [-0.2, -0.15) is 0 Å². The molecule has 0 bridgehead atoms. The Morgan fingerprint density at radius 1 is 1.28 bits per heavy atom. The predicted octanol–water partition coefficient (Wildman–Crippen LogP) is 2.28. The molecular formula is C13H25N3OS. The fourth-order valence-electron chi connectivity index (χ4n) is 1.81. The molecule has 1 unspecified atom stereocenters. The number of nitrogens with zero attached hydrogens (tertiary/aromatic N) is 3. The topological polar surface area (TPSA) is 39.6 Å². The third kappa shape index (κ3) is 4.23. The molecule has 0 saturated carbocycles. The van der Waals surface area contributed by atoms with Crippen molar-refractivity contribution < 1.29 is 5.11 Å². The number of hydrogen-bond donors (Lipinski definition) is 1. The number of thiazole rings is 1. The largest absolute Gasteiger partial charge is 0.388 e. The van der Waals surface area contributed by atoms with Crippen molar-refractivity contribution in [1.82, 2.24) is 9.88 Å². The van der Waals surface area contributed by atoms with Crippen LogP contribution < -0.4 is 4.90 Å². The lowest BCUT2D eigenvalue weighted by atomic mass is 10.3. The Morgan fingerprint density at radius 3 is 2.39 bits per heavy atom. The van der Waals surface area contributed by atoms with Crippen molar-refractivity contribution in [2.75, 3.05) is 38.6 Å². The van der Waals surface area contributed by atoms with Crippen molar-refractivity contribution in [1.29, 1.82) is 0 Å². The average Bonchev–Trinajstić information content (AvgIpc) is 2.66. The average molecular weight is 271 g/mol. The maximum atomic E-state index is 9.69. The van der Waals surface area contributed by atoms with E-state index in [1.54, 1.807) is 18.3 Å². The number of anilines is 1. The molecule has 0 aliphatic rings. The van der Waals surface area contributed by atoms with Gasteiger partial charge in [-0.05, 0) is 34.4 Å². The second-order valence-corrected chi connectivity index (χ2v) is 5.92. The van der Waals surface area contributed by atoms with E-state index in [2.05, 4.69) is 35.8 Å². The lowest BCUT2D eigenvalue weighted by molar-refractivity contribution is 0.202. The summed E-state index contributed by atoms with van der Waals surface area (Å²) in [6, 6.07) is 0. The van der Waals surface area contributed by atoms with Gasteiger partial charge in [0, 0.05) is 19.6 Å². The molecule has 104 valence electrons. The highest BCUT2D eigenvalue weighted by atomic mass is 32.1. The minimum Gasteiger partial charge on any atom is -0.388 e. The molecule has 5 heteroatoms. The number of hydrogen-bond acceptors (Lipinski definition) is 5. The highest BCUT2D eigenvalue weighted by Crippen LogP contribution is 2.30. The minimum atomic E-state index is -0.423. The SMILES string of the molecule is CCCN(CCN(C)C)c1nc(C)c(C(C)O)s1. The van der Waals surface area contributed by atoms with E-state index in [0.717, 1.165) is 41.8 Å². The van der Waals surface area contributed by atoms with Crippen LogP contribution in [0.2, 0.25) is 0 Å². The third-order valence-electron chi connectivity index (χ3n) is 2.78. The smallest absolute Gasteiger partial charge is 0.185 e. The van der Waals surface area contributed by atoms with Gasteiger partial charge in [0.2, 0.25) is 0 Å². The van der Waals surface area contributed by atoms with Crippen LogP contribution in [0, 0.1) is 6.92 Å². The summed E-state index contributed by atoms with van der Waals surface area (Å²) in [6.45, 7) is 8.96. The summed E-state index contributed by atoms with van der Waals surface area (Å²) < 4.78 is 0. The van der Waals surface area contributed by atoms with Gasteiger partial charge in [0.1, 0.15) is 0 Å². The predicted molar refractivity (Wildman–Crippen MR) is 78.5 cm³/mol. The number of aliphatic hydroxyl groups excluding tert-OH is 1. The van der Waals surface area contributed by atoms with E-state index in [1.165, 1.54) is 0 Å². The molecule has 1 N–H and O–H groups in total. The lowest BCUT2D eigenvalue weighted by Crippen LogP contribution is -2.32. The van der Waals surface area contributed by atoms with Crippen molar-refractivity contribution in [3.05, 3.63) is 10.6 Å². The van der Waals surface area contributed by atoms with Crippen LogP contribution in [0.25, 0.3) is 0 Å². The third-order valence-corrected chi connectivity index (χ3v) is 4.17. The monoisotopic (exact) mass is 271 g/mol. The first-order valence-electron chi connectivity index (χ1n) is 6.50. The fourth-order valence-corrected chi connectivity index (χ4v) is 2.86. The van der Waals surface area contributed by atoms with Gasteiger partial charge in [0.05, 0.1) is 16.7 Å². The lowest BCUT2D eigenvalue weighted by Gasteiger charge is -2.23. The van der Waals surface area contributed by atoms with Gasteiger partial charge >= 0.3 is 0 Å². The van der Waals surface area contributed by atoms with Crippen molar-refractivity contribution >= 4 is 16.5 Å². The van der Waals surface area contributed by atoms with Gasteiger partial charge in [0.25, 0.3) is 0 Å². The molecule has 1 rings (SSSR count). The Kier molecular flexibility index (Phi) is 6.05. The number of aryl methyl sites for hydroxylation is 1. The van der Waals surface area contributed by atoms with Gasteiger partial charge in [-0.15, -0.1) is 0 Å². The Morgan fingerprint density at radius 2 is 1.94 bits per heavy atom. The van der Waals surface area contributed by atoms with Crippen LogP contribution in [0.5, 0.6) is 0 Å². The van der Waals surface area contributed by atoms with Crippen molar-refractivity contribution in [3.63, 3.8) is 0 Å². The van der Waals surface area contributed by atoms with Crippen molar-refractivity contribution in [2.24, 2.45) is 0 Å². The molecule has 4 nitrogen and oxygen atoms in total. The number of rotatable bonds is 7. The molecule has 18 heavy (non-hydrogen) atoms. The maximum Gasteiger partial charge on any atom is 0.185 e. The quantitative estimate of drug-likeness (QED) is 0.826. The number of likely N-dealkylation sites (N-methyl/N-ethyl adjacent to an activating group) is 1. The van der Waals surface area contributed by atoms with Crippen LogP contribution in [0.4, 0.5) is 5.13 Å². The van der Waals surface area contributed by atoms with E-state index in [9.17, 15) is 5.11 Å². The van der Waals surface area contributed by atoms with E-state index >= 15 is 0 Å². The van der Waals surface area contributed by atoms with Crippen molar-refractivity contribution in [2.45, 2.75) is 33.3 Å². The second kappa shape index (κ2) is 7.07. The summed E-state index contributed by atoms with van der Waals surface area (Å²) in [7, 11) is 4.16. The Labute approximate surface area is 114 Å². The molecule has 0 fully saturated rings. The van der Waals surface area contributed by atoms with Crippen LogP contribution in [0.3, 0.4) is 0 Å². The number of aromatic nitrogens is 1. The van der Waals surface area contributed by atoms with Crippen LogP contribution in [0.15, 0.2) is 0 Å². The molecule has 0 saturated heterocycles. The van der Waals surface area contributed by atoms with Crippen LogP contribution in [0.1, 0.15) is 36.9 Å². The van der Waals surface area contributed by atoms with Crippen LogP contribution >= 0.6 is 11.3 Å². The summed E-state index contributed by atoms with van der Waals surface area (Å²) in [5.41, 5.74) is 0.955. The molecule has 1 atom stereocenters. The summed E-state index contributed by atoms with van der Waals surface area (Å²) in [5.74, 6) is 0. The van der Waals surface area contributed by atoms with Gasteiger partial charge in [-0.3, -0.25) is 0 Å². The van der Waals surface area contributed by atoms with E-state index in [1.807, 2.05) is 6.92 Å². The van der Waals surface area contributed by atoms with Gasteiger partial charge < -0.3 is 14.9 Å². The fraction of sp³-hybridized carbons (Fsp3) is 0.769. The molecule has 0 aliphatic carbocycles. The first-order valence-corrected chi connectivity index (χ1v) is 7.32. The summed E-state index contributed by atoms with van der Waals surface area (Å²) in [4.78, 5) is 10.1. The maximum absolute atomic E-state index is 9.69. The summed E-state index contributed by atoms with van der Waals surface area (Å²) >= 11 is 1.61. The first-order chi connectivity index (χ1) is 8.45. The number of aliphatic hydroxyl groups is 1. The molecule has 0 aromatic carbocycles. The van der Waals surface area contributed by atoms with Gasteiger partial charge in [-0.25, -0.2) is 4.98 Å². The Balaban J connectivity index is 2.81. The van der Waals surface area contributed by atoms with E-state index < -0.39 is 6.10 Å². The molecule has 1 aromatic rings. The standard InChI is InChI=1S/C13H25N3OS/c1-6-7-16(9-8-15(4)5)13-14-10(2)12(18-13)11(3)17/h11,17H,6-9H2,1-5H3. The van der Waals surface area contributed by atoms with E-state index in [-0.39, 0.29) is 0 Å². The molecule has 0 radical (unpaired) electrons. The second-order valence-electron chi connectivity index (χ2n) is 4.91. The van der Waals surface area contributed by atoms with Crippen LogP contribution in [-0.4, -0.2) is 48.7 Å². The van der Waals surface area contributed by atoms with Crippen LogP contribution in [-0.2, 0) is 0 Å². The molecule has 1 heterocycles. The molecule has 0 spiro atoms. The highest BCUT2D eigenvalue weighted by Gasteiger charge is 2.16. The minimum absolute atomic E-state index is 0.423. The summed E-state index contributed by atoms with van der Waals surface area (Å²) in [5, 5.41) is 10.7. The van der Waals surface area contributed by atoms with E-state index in [0.29, 0.717) is 0 Å². The zero-order valence-electron chi connectivity index (χ0n) is 12.1. The molecular weight excluding hydrogens is 246 g/mol. The highest BCUT2D eigenvalue weighted by molar-refractivity contribution is 7.15. The molecule has 0 amide bonds. The Hall–Kier alpha value is -0.650. The van der Waals surface area contributed by atoms with Gasteiger partial charge in [0.15, 0.2) is 5.13 Å². The zero-order valence-corrected chi connectivity index (χ0v) is 12.9. The van der Waals surface area contributed by atoms with Crippen molar-refractivity contribution in [3.8, 4) is 0 Å². The first kappa shape index (κ1) is 15.4. The Bertz CT molecular complexity index is 363. The van der Waals surface area contributed by atoms with Gasteiger partial charge in [-0.1, -0.05) is 18.3 Å².